The molecule has 0 bridgehead atoms. The fourth-order valence-electron chi connectivity index (χ4n) is 4.45. The number of rotatable bonds is 14. The summed E-state index contributed by atoms with van der Waals surface area (Å²) in [5.41, 5.74) is 0.812. The highest BCUT2D eigenvalue weighted by molar-refractivity contribution is 5.78. The van der Waals surface area contributed by atoms with E-state index in [0.717, 1.165) is 94.6 Å². The highest BCUT2D eigenvalue weighted by Crippen LogP contribution is 2.50. The van der Waals surface area contributed by atoms with Crippen LogP contribution in [0.2, 0.25) is 0 Å². The number of aryl methyl sites for hydroxylation is 2. The van der Waals surface area contributed by atoms with E-state index in [-0.39, 0.29) is 11.5 Å². The van der Waals surface area contributed by atoms with Gasteiger partial charge in [0.05, 0.1) is 10.8 Å². The van der Waals surface area contributed by atoms with Crippen molar-refractivity contribution in [2.45, 2.75) is 89.9 Å². The monoisotopic (exact) mass is 418 g/mol. The van der Waals surface area contributed by atoms with Gasteiger partial charge in [0.1, 0.15) is 0 Å². The van der Waals surface area contributed by atoms with E-state index in [1.54, 1.807) is 6.07 Å². The first kappa shape index (κ1) is 22.4. The van der Waals surface area contributed by atoms with E-state index in [0.29, 0.717) is 6.42 Å². The fraction of sp³-hybridized carbons (Fsp3) is 0.667. The highest BCUT2D eigenvalue weighted by atomic mass is 16.4. The molecule has 2 aliphatic carbocycles. The lowest BCUT2D eigenvalue weighted by molar-refractivity contribution is -0.144. The molecule has 0 heterocycles. The summed E-state index contributed by atoms with van der Waals surface area (Å²) in [6, 6.07) is 3.57. The smallest absolute Gasteiger partial charge is 0.309 e. The maximum atomic E-state index is 11.2. The Labute approximate surface area is 177 Å². The summed E-state index contributed by atoms with van der Waals surface area (Å²) >= 11 is 0. The third-order valence-corrected chi connectivity index (χ3v) is 7.07. The number of hydrogen-bond donors (Lipinski definition) is 4. The van der Waals surface area contributed by atoms with Crippen LogP contribution >= 0.6 is 0 Å². The second kappa shape index (κ2) is 9.27. The summed E-state index contributed by atoms with van der Waals surface area (Å²) in [6.45, 7) is 0. The molecule has 0 atom stereocenters. The molecule has 0 aliphatic heterocycles. The van der Waals surface area contributed by atoms with Crippen LogP contribution in [0.5, 0.6) is 11.5 Å². The van der Waals surface area contributed by atoms with Gasteiger partial charge in [-0.1, -0.05) is 31.7 Å². The van der Waals surface area contributed by atoms with Crippen LogP contribution in [0.25, 0.3) is 0 Å². The molecule has 2 aliphatic rings. The van der Waals surface area contributed by atoms with Crippen LogP contribution in [0, 0.1) is 10.8 Å². The number of benzene rings is 1. The largest absolute Gasteiger partial charge is 0.504 e. The molecule has 0 spiro atoms. The van der Waals surface area contributed by atoms with E-state index in [4.69, 9.17) is 0 Å². The van der Waals surface area contributed by atoms with Crippen molar-refractivity contribution in [3.05, 3.63) is 23.3 Å². The average molecular weight is 419 g/mol. The lowest BCUT2D eigenvalue weighted by atomic mass is 9.95. The van der Waals surface area contributed by atoms with Crippen LogP contribution in [0.4, 0.5) is 0 Å². The van der Waals surface area contributed by atoms with Crippen molar-refractivity contribution in [2.75, 3.05) is 0 Å². The van der Waals surface area contributed by atoms with Gasteiger partial charge in [-0.05, 0) is 81.4 Å². The first-order valence-corrected chi connectivity index (χ1v) is 11.3. The first-order chi connectivity index (χ1) is 14.3. The molecule has 1 aromatic carbocycles. The van der Waals surface area contributed by atoms with Crippen molar-refractivity contribution in [3.63, 3.8) is 0 Å². The van der Waals surface area contributed by atoms with E-state index >= 15 is 0 Å². The molecule has 3 rings (SSSR count). The van der Waals surface area contributed by atoms with Crippen molar-refractivity contribution >= 4 is 11.9 Å². The third-order valence-electron chi connectivity index (χ3n) is 7.07. The minimum absolute atomic E-state index is 0.0555. The number of carboxylic acids is 2. The first-order valence-electron chi connectivity index (χ1n) is 11.3. The quantitative estimate of drug-likeness (QED) is 0.249. The van der Waals surface area contributed by atoms with Gasteiger partial charge in [-0.3, -0.25) is 9.59 Å². The molecular formula is C24H34O6. The summed E-state index contributed by atoms with van der Waals surface area (Å²) < 4.78 is 0. The number of carboxylic acid groups (broad SMARTS) is 2. The SMILES string of the molecule is O=C(O)C1(CCCCCc2cc(O)c(O)c(CCCCCC3(C(=O)O)CC3)c2)CC1. The average Bonchev–Trinajstić information content (AvgIpc) is 3.60. The molecule has 0 saturated heterocycles. The second-order valence-corrected chi connectivity index (χ2v) is 9.41. The Morgan fingerprint density at radius 2 is 1.23 bits per heavy atom. The second-order valence-electron chi connectivity index (χ2n) is 9.41. The number of unbranched alkanes of at least 4 members (excludes halogenated alkanes) is 4. The molecule has 1 aromatic rings. The van der Waals surface area contributed by atoms with Crippen molar-refractivity contribution in [2.24, 2.45) is 10.8 Å². The summed E-state index contributed by atoms with van der Waals surface area (Å²) in [6.07, 6.45) is 11.5. The lowest BCUT2D eigenvalue weighted by Crippen LogP contribution is -2.14. The Morgan fingerprint density at radius 1 is 0.733 bits per heavy atom. The van der Waals surface area contributed by atoms with Crippen LogP contribution in [0.1, 0.15) is 88.2 Å². The Bertz CT molecular complexity index is 776. The zero-order valence-corrected chi connectivity index (χ0v) is 17.7. The van der Waals surface area contributed by atoms with Gasteiger partial charge in [0.2, 0.25) is 0 Å². The molecule has 0 aromatic heterocycles. The maximum Gasteiger partial charge on any atom is 0.309 e. The summed E-state index contributed by atoms with van der Waals surface area (Å²) in [7, 11) is 0. The van der Waals surface area contributed by atoms with E-state index in [9.17, 15) is 30.0 Å². The molecule has 0 radical (unpaired) electrons. The molecule has 0 amide bonds. The van der Waals surface area contributed by atoms with E-state index < -0.39 is 22.8 Å². The van der Waals surface area contributed by atoms with Crippen LogP contribution < -0.4 is 0 Å². The standard InChI is InChI=1S/C24H34O6/c25-19-16-17(7-3-1-5-9-23(11-12-23)21(27)28)15-18(20(19)26)8-4-2-6-10-24(13-14-24)22(29)30/h15-16,25-26H,1-14H2,(H,27,28)(H,29,30). The van der Waals surface area contributed by atoms with Crippen LogP contribution in [0.3, 0.4) is 0 Å². The van der Waals surface area contributed by atoms with Crippen LogP contribution in [-0.2, 0) is 22.4 Å². The molecule has 0 unspecified atom stereocenters. The number of aliphatic carboxylic acids is 2. The van der Waals surface area contributed by atoms with E-state index in [1.807, 2.05) is 6.07 Å². The molecular weight excluding hydrogens is 384 g/mol. The van der Waals surface area contributed by atoms with E-state index in [2.05, 4.69) is 0 Å². The molecule has 6 heteroatoms. The molecule has 6 nitrogen and oxygen atoms in total. The van der Waals surface area contributed by atoms with Crippen molar-refractivity contribution in [1.29, 1.82) is 0 Å². The predicted molar refractivity (Wildman–Crippen MR) is 113 cm³/mol. The Hall–Kier alpha value is -2.24. The number of phenols is 2. The van der Waals surface area contributed by atoms with Crippen molar-refractivity contribution < 1.29 is 30.0 Å². The highest BCUT2D eigenvalue weighted by Gasteiger charge is 2.49. The fourth-order valence-corrected chi connectivity index (χ4v) is 4.45. The molecule has 2 saturated carbocycles. The normalized spacial score (nSPS) is 18.1. The topological polar surface area (TPSA) is 115 Å². The van der Waals surface area contributed by atoms with Gasteiger partial charge in [-0.25, -0.2) is 0 Å². The summed E-state index contributed by atoms with van der Waals surface area (Å²) in [5.74, 6) is -1.48. The van der Waals surface area contributed by atoms with Gasteiger partial charge < -0.3 is 20.4 Å². The summed E-state index contributed by atoms with van der Waals surface area (Å²) in [5, 5.41) is 38.7. The van der Waals surface area contributed by atoms with E-state index in [1.165, 1.54) is 0 Å². The van der Waals surface area contributed by atoms with Gasteiger partial charge in [0.25, 0.3) is 0 Å². The number of hydrogen-bond acceptors (Lipinski definition) is 4. The Morgan fingerprint density at radius 3 is 1.70 bits per heavy atom. The van der Waals surface area contributed by atoms with Crippen LogP contribution in [-0.4, -0.2) is 32.4 Å². The van der Waals surface area contributed by atoms with Crippen molar-refractivity contribution in [3.8, 4) is 11.5 Å². The van der Waals surface area contributed by atoms with Crippen LogP contribution in [0.15, 0.2) is 12.1 Å². The minimum atomic E-state index is -0.673. The molecule has 30 heavy (non-hydrogen) atoms. The number of carbonyl (C=O) groups is 2. The van der Waals surface area contributed by atoms with Gasteiger partial charge in [0.15, 0.2) is 11.5 Å². The van der Waals surface area contributed by atoms with Gasteiger partial charge in [-0.15, -0.1) is 0 Å². The lowest BCUT2D eigenvalue weighted by Gasteiger charge is -2.12. The van der Waals surface area contributed by atoms with Gasteiger partial charge in [0, 0.05) is 0 Å². The zero-order valence-electron chi connectivity index (χ0n) is 17.7. The molecule has 4 N–H and O–H groups in total. The molecule has 166 valence electrons. The maximum absolute atomic E-state index is 11.2. The van der Waals surface area contributed by atoms with Gasteiger partial charge in [-0.2, -0.15) is 0 Å². The Kier molecular flexibility index (Phi) is 6.94. The third kappa shape index (κ3) is 5.46. The van der Waals surface area contributed by atoms with Gasteiger partial charge >= 0.3 is 11.9 Å². The zero-order chi connectivity index (χ0) is 21.8. The predicted octanol–water partition coefficient (Wildman–Crippen LogP) is 5.03. The number of aromatic hydroxyl groups is 2. The summed E-state index contributed by atoms with van der Waals surface area (Å²) in [4.78, 5) is 22.4. The van der Waals surface area contributed by atoms with Crippen molar-refractivity contribution in [1.82, 2.24) is 0 Å². The molecule has 2 fully saturated rings. The number of phenolic OH excluding ortho intramolecular Hbond substituents is 2. The Balaban J connectivity index is 1.39. The minimum Gasteiger partial charge on any atom is -0.504 e.